The highest BCUT2D eigenvalue weighted by Crippen LogP contribution is 2.73. The van der Waals surface area contributed by atoms with E-state index in [1.165, 1.54) is 6.08 Å². The van der Waals surface area contributed by atoms with E-state index in [1.807, 2.05) is 42.5 Å². The van der Waals surface area contributed by atoms with E-state index >= 15 is 0 Å². The molecule has 1 spiro atoms. The van der Waals surface area contributed by atoms with Crippen LogP contribution in [-0.2, 0) is 34.0 Å². The summed E-state index contributed by atoms with van der Waals surface area (Å²) in [7, 11) is 8.08. The molecule has 39 heavy (non-hydrogen) atoms. The molecule has 2 saturated heterocycles. The molecule has 9 nitrogen and oxygen atoms in total. The number of carbonyl (C=O) groups is 2. The van der Waals surface area contributed by atoms with Gasteiger partial charge in [-0.2, -0.15) is 0 Å². The second-order valence-corrected chi connectivity index (χ2v) is 10.6. The van der Waals surface area contributed by atoms with Crippen molar-refractivity contribution in [2.24, 2.45) is 0 Å². The van der Waals surface area contributed by atoms with Crippen molar-refractivity contribution in [1.29, 1.82) is 0 Å². The van der Waals surface area contributed by atoms with E-state index in [-0.39, 0.29) is 12.3 Å². The van der Waals surface area contributed by atoms with E-state index in [9.17, 15) is 9.59 Å². The molecule has 6 atom stereocenters. The van der Waals surface area contributed by atoms with Crippen LogP contribution in [0.5, 0.6) is 11.5 Å². The molecule has 0 N–H and O–H groups in total. The number of ether oxygens (including phenoxy) is 6. The zero-order chi connectivity index (χ0) is 27.6. The first kappa shape index (κ1) is 25.9. The number of carbonyl (C=O) groups excluding carboxylic acids is 2. The summed E-state index contributed by atoms with van der Waals surface area (Å²) in [5.41, 5.74) is 0.843. The number of likely N-dealkylation sites (N-methyl/N-ethyl adjacent to an activating group) is 1. The lowest BCUT2D eigenvalue weighted by molar-refractivity contribution is -0.339. The summed E-state index contributed by atoms with van der Waals surface area (Å²) >= 11 is 0. The van der Waals surface area contributed by atoms with E-state index in [4.69, 9.17) is 28.4 Å². The number of likely N-dealkylation sites (tertiary alicyclic amines) is 1. The second-order valence-electron chi connectivity index (χ2n) is 10.6. The van der Waals surface area contributed by atoms with Gasteiger partial charge in [-0.05, 0) is 29.7 Å². The van der Waals surface area contributed by atoms with Gasteiger partial charge in [0, 0.05) is 51.2 Å². The summed E-state index contributed by atoms with van der Waals surface area (Å²) in [5.74, 6) is -0.877. The average molecular weight is 536 g/mol. The van der Waals surface area contributed by atoms with Crippen LogP contribution in [0.4, 0.5) is 0 Å². The monoisotopic (exact) mass is 535 g/mol. The molecule has 2 aromatic rings. The van der Waals surface area contributed by atoms with Crippen molar-refractivity contribution in [2.75, 3.05) is 35.5 Å². The fraction of sp³-hybridized carbons (Fsp3) is 0.467. The molecule has 3 fully saturated rings. The summed E-state index contributed by atoms with van der Waals surface area (Å²) in [6, 6.07) is 13.3. The molecule has 1 saturated carbocycles. The molecule has 0 radical (unpaired) electrons. The normalized spacial score (nSPS) is 34.1. The zero-order valence-corrected chi connectivity index (χ0v) is 22.8. The van der Waals surface area contributed by atoms with Gasteiger partial charge in [-0.1, -0.05) is 36.4 Å². The van der Waals surface area contributed by atoms with E-state index in [1.54, 1.807) is 46.5 Å². The smallest absolute Gasteiger partial charge is 0.331 e. The highest BCUT2D eigenvalue weighted by atomic mass is 16.7. The van der Waals surface area contributed by atoms with Crippen LogP contribution in [0.1, 0.15) is 42.1 Å². The first-order valence-electron chi connectivity index (χ1n) is 13.0. The molecule has 6 rings (SSSR count). The third-order valence-electron chi connectivity index (χ3n) is 9.27. The quantitative estimate of drug-likeness (QED) is 0.394. The molecule has 1 amide bonds. The van der Waals surface area contributed by atoms with Gasteiger partial charge in [0.2, 0.25) is 11.7 Å². The lowest BCUT2D eigenvalue weighted by atomic mass is 9.50. The number of rotatable bonds is 7. The number of methoxy groups -OCH3 is 4. The number of hydrogen-bond acceptors (Lipinski definition) is 8. The van der Waals surface area contributed by atoms with Crippen LogP contribution in [0.15, 0.2) is 48.5 Å². The summed E-state index contributed by atoms with van der Waals surface area (Å²) in [4.78, 5) is 28.6. The van der Waals surface area contributed by atoms with E-state index in [0.717, 1.165) is 16.7 Å². The molecule has 206 valence electrons. The maximum absolute atomic E-state index is 13.6. The highest BCUT2D eigenvalue weighted by Gasteiger charge is 2.85. The van der Waals surface area contributed by atoms with Crippen molar-refractivity contribution in [1.82, 2.24) is 4.90 Å². The van der Waals surface area contributed by atoms with Crippen molar-refractivity contribution in [3.05, 3.63) is 65.2 Å². The second kappa shape index (κ2) is 9.08. The minimum Gasteiger partial charge on any atom is -0.493 e. The van der Waals surface area contributed by atoms with Gasteiger partial charge in [-0.15, -0.1) is 0 Å². The number of fused-ring (bicyclic) bond motifs is 3. The zero-order valence-electron chi connectivity index (χ0n) is 22.8. The van der Waals surface area contributed by atoms with Crippen LogP contribution in [0, 0.1) is 0 Å². The standard InChI is InChI=1S/C30H33NO8/c1-31-23(32)17-28-15-22(38-24(33)14-11-18-9-7-6-8-10-18)27(36-4)30(37-5)29(28,31)16-21(39-30)19-12-13-20(34-2)26(35-3)25(19)28/h6-14,21-22,27H,15-17H2,1-5H3/b14-11-/t21-,22-,27-,28+,29-,30-/m0/s1. The molecule has 2 aromatic carbocycles. The Morgan fingerprint density at radius 1 is 1.05 bits per heavy atom. The Labute approximate surface area is 227 Å². The number of amides is 1. The Morgan fingerprint density at radius 3 is 2.49 bits per heavy atom. The van der Waals surface area contributed by atoms with Crippen LogP contribution in [-0.4, -0.2) is 75.8 Å². The van der Waals surface area contributed by atoms with Crippen molar-refractivity contribution >= 4 is 18.0 Å². The minimum absolute atomic E-state index is 0.0517. The Hall–Kier alpha value is -3.40. The van der Waals surface area contributed by atoms with Crippen LogP contribution in [0.2, 0.25) is 0 Å². The molecular formula is C30H33NO8. The van der Waals surface area contributed by atoms with Gasteiger partial charge in [0.25, 0.3) is 0 Å². The minimum atomic E-state index is -1.41. The number of esters is 1. The lowest BCUT2D eigenvalue weighted by Crippen LogP contribution is -2.78. The van der Waals surface area contributed by atoms with Gasteiger partial charge in [0.15, 0.2) is 17.6 Å². The first-order valence-corrected chi connectivity index (χ1v) is 13.0. The maximum Gasteiger partial charge on any atom is 0.331 e. The molecule has 2 heterocycles. The fourth-order valence-corrected chi connectivity index (χ4v) is 7.89. The summed E-state index contributed by atoms with van der Waals surface area (Å²) in [6.45, 7) is 0. The van der Waals surface area contributed by atoms with Gasteiger partial charge in [0.1, 0.15) is 11.6 Å². The Morgan fingerprint density at radius 2 is 1.82 bits per heavy atom. The van der Waals surface area contributed by atoms with Gasteiger partial charge in [-0.25, -0.2) is 4.79 Å². The van der Waals surface area contributed by atoms with Crippen LogP contribution >= 0.6 is 0 Å². The largest absolute Gasteiger partial charge is 0.493 e. The topological polar surface area (TPSA) is 92.8 Å². The summed E-state index contributed by atoms with van der Waals surface area (Å²) in [6.07, 6.45) is 2.12. The molecule has 2 bridgehead atoms. The number of hydrogen-bond donors (Lipinski definition) is 0. The molecule has 0 aromatic heterocycles. The van der Waals surface area contributed by atoms with Gasteiger partial charge in [-0.3, -0.25) is 4.79 Å². The lowest BCUT2D eigenvalue weighted by Gasteiger charge is -2.61. The number of benzene rings is 2. The van der Waals surface area contributed by atoms with Gasteiger partial charge in [0.05, 0.1) is 20.3 Å². The van der Waals surface area contributed by atoms with Crippen molar-refractivity contribution in [2.45, 2.75) is 54.3 Å². The van der Waals surface area contributed by atoms with Crippen molar-refractivity contribution in [3.63, 3.8) is 0 Å². The third kappa shape index (κ3) is 3.18. The molecular weight excluding hydrogens is 502 g/mol. The maximum atomic E-state index is 13.6. The Kier molecular flexibility index (Phi) is 6.02. The molecule has 4 aliphatic rings. The molecule has 9 heteroatoms. The molecule has 2 aliphatic heterocycles. The average Bonchev–Trinajstić information content (AvgIpc) is 3.41. The highest BCUT2D eigenvalue weighted by molar-refractivity contribution is 5.88. The predicted molar refractivity (Wildman–Crippen MR) is 140 cm³/mol. The Bertz CT molecular complexity index is 1340. The Balaban J connectivity index is 1.52. The summed E-state index contributed by atoms with van der Waals surface area (Å²) in [5, 5.41) is 0. The number of nitrogens with zero attached hydrogens (tertiary/aromatic N) is 1. The van der Waals surface area contributed by atoms with E-state index in [0.29, 0.717) is 24.3 Å². The van der Waals surface area contributed by atoms with E-state index < -0.39 is 41.0 Å². The van der Waals surface area contributed by atoms with Crippen LogP contribution in [0.3, 0.4) is 0 Å². The van der Waals surface area contributed by atoms with E-state index in [2.05, 4.69) is 0 Å². The predicted octanol–water partition coefficient (Wildman–Crippen LogP) is 3.40. The van der Waals surface area contributed by atoms with Crippen molar-refractivity contribution in [3.8, 4) is 11.5 Å². The van der Waals surface area contributed by atoms with Crippen LogP contribution < -0.4 is 9.47 Å². The van der Waals surface area contributed by atoms with Gasteiger partial charge < -0.3 is 33.3 Å². The SMILES string of the molecule is COc1ccc2c(c1OC)[C@@]13CC(=O)N(C)[C@@]14C[C@@H]2O[C@@]4(OC)[C@@H](OC)[C@@H](OC(=O)/C=C\c1ccccc1)C3. The summed E-state index contributed by atoms with van der Waals surface area (Å²) < 4.78 is 36.9. The van der Waals surface area contributed by atoms with Gasteiger partial charge >= 0.3 is 5.97 Å². The van der Waals surface area contributed by atoms with Crippen LogP contribution in [0.25, 0.3) is 6.08 Å². The third-order valence-corrected chi connectivity index (χ3v) is 9.27. The van der Waals surface area contributed by atoms with Crippen molar-refractivity contribution < 1.29 is 38.0 Å². The molecule has 0 unspecified atom stereocenters. The fourth-order valence-electron chi connectivity index (χ4n) is 7.89. The molecule has 2 aliphatic carbocycles. The first-order chi connectivity index (χ1) is 18.8.